The van der Waals surface area contributed by atoms with Crippen LogP contribution in [0.15, 0.2) is 54.6 Å². The number of carbonyl (C=O) groups is 2. The Morgan fingerprint density at radius 1 is 1.12 bits per heavy atom. The van der Waals surface area contributed by atoms with Gasteiger partial charge in [-0.2, -0.15) is 0 Å². The Balaban J connectivity index is 1.66. The average Bonchev–Trinajstić information content (AvgIpc) is 3.10. The van der Waals surface area contributed by atoms with Crippen molar-refractivity contribution in [3.05, 3.63) is 71.3 Å². The number of nitrogens with zero attached hydrogens (tertiary/aromatic N) is 1. The number of hydrogen-bond acceptors (Lipinski definition) is 2. The summed E-state index contributed by atoms with van der Waals surface area (Å²) >= 11 is 0. The van der Waals surface area contributed by atoms with E-state index in [2.05, 4.69) is 0 Å². The summed E-state index contributed by atoms with van der Waals surface area (Å²) in [4.78, 5) is 26.4. The highest BCUT2D eigenvalue weighted by molar-refractivity contribution is 5.92. The second-order valence-corrected chi connectivity index (χ2v) is 7.67. The Morgan fingerprint density at radius 3 is 2.54 bits per heavy atom. The Hall–Kier alpha value is -2.62. The first-order valence-electron chi connectivity index (χ1n) is 9.11. The summed E-state index contributed by atoms with van der Waals surface area (Å²) in [6.45, 7) is 5.54. The van der Waals surface area contributed by atoms with E-state index >= 15 is 0 Å². The van der Waals surface area contributed by atoms with Crippen LogP contribution in [0.3, 0.4) is 0 Å². The molecule has 0 saturated carbocycles. The van der Waals surface area contributed by atoms with E-state index < -0.39 is 11.3 Å². The van der Waals surface area contributed by atoms with E-state index in [0.717, 1.165) is 37.1 Å². The van der Waals surface area contributed by atoms with E-state index in [1.165, 1.54) is 0 Å². The lowest BCUT2D eigenvalue weighted by molar-refractivity contribution is -0.135. The van der Waals surface area contributed by atoms with Crippen LogP contribution in [0, 0.1) is 5.92 Å². The van der Waals surface area contributed by atoms with Crippen molar-refractivity contribution in [1.29, 1.82) is 0 Å². The fourth-order valence-electron chi connectivity index (χ4n) is 3.74. The maximum atomic E-state index is 13.1. The van der Waals surface area contributed by atoms with Gasteiger partial charge in [0, 0.05) is 18.7 Å². The normalized spacial score (nSPS) is 17.3. The van der Waals surface area contributed by atoms with Crippen molar-refractivity contribution in [2.45, 2.75) is 32.1 Å². The van der Waals surface area contributed by atoms with Crippen LogP contribution in [-0.2, 0) is 16.6 Å². The minimum atomic E-state index is -0.526. The minimum Gasteiger partial charge on any atom is -0.366 e. The molecule has 26 heavy (non-hydrogen) atoms. The lowest BCUT2D eigenvalue weighted by Gasteiger charge is -2.30. The molecule has 1 aliphatic rings. The zero-order valence-electron chi connectivity index (χ0n) is 15.4. The van der Waals surface area contributed by atoms with Crippen molar-refractivity contribution in [3.8, 4) is 0 Å². The van der Waals surface area contributed by atoms with Gasteiger partial charge in [-0.05, 0) is 55.9 Å². The topological polar surface area (TPSA) is 63.4 Å². The predicted molar refractivity (Wildman–Crippen MR) is 103 cm³/mol. The summed E-state index contributed by atoms with van der Waals surface area (Å²) in [5.41, 5.74) is 7.52. The Kier molecular flexibility index (Phi) is 5.12. The van der Waals surface area contributed by atoms with Crippen LogP contribution in [0.25, 0.3) is 0 Å². The molecule has 0 aliphatic carbocycles. The zero-order valence-corrected chi connectivity index (χ0v) is 15.4. The molecular weight excluding hydrogens is 324 g/mol. The van der Waals surface area contributed by atoms with E-state index in [1.807, 2.05) is 67.3 Å². The van der Waals surface area contributed by atoms with E-state index in [0.29, 0.717) is 11.5 Å². The third-order valence-corrected chi connectivity index (χ3v) is 5.34. The number of hydrogen-bond donors (Lipinski definition) is 1. The van der Waals surface area contributed by atoms with Gasteiger partial charge in [0.1, 0.15) is 0 Å². The standard InChI is InChI=1S/C22H26N2O2/c1-22(2,19-9-4-3-5-10-19)21(26)24-12-11-17(15-24)13-16-7-6-8-18(14-16)20(23)25/h3-10,14,17H,11-13,15H2,1-2H3,(H2,23,25). The second-order valence-electron chi connectivity index (χ2n) is 7.67. The van der Waals surface area contributed by atoms with Crippen molar-refractivity contribution in [3.63, 3.8) is 0 Å². The van der Waals surface area contributed by atoms with E-state index in [4.69, 9.17) is 5.73 Å². The van der Waals surface area contributed by atoms with Crippen LogP contribution >= 0.6 is 0 Å². The highest BCUT2D eigenvalue weighted by atomic mass is 16.2. The summed E-state index contributed by atoms with van der Waals surface area (Å²) in [6, 6.07) is 17.4. The van der Waals surface area contributed by atoms with Crippen molar-refractivity contribution in [1.82, 2.24) is 4.90 Å². The van der Waals surface area contributed by atoms with Gasteiger partial charge >= 0.3 is 0 Å². The number of amides is 2. The number of carbonyl (C=O) groups excluding carboxylic acids is 2. The smallest absolute Gasteiger partial charge is 0.248 e. The molecule has 1 fully saturated rings. The van der Waals surface area contributed by atoms with Crippen molar-refractivity contribution >= 4 is 11.8 Å². The van der Waals surface area contributed by atoms with Crippen molar-refractivity contribution in [2.24, 2.45) is 11.7 Å². The quantitative estimate of drug-likeness (QED) is 0.900. The van der Waals surface area contributed by atoms with Gasteiger partial charge in [0.25, 0.3) is 0 Å². The molecule has 0 spiro atoms. The summed E-state index contributed by atoms with van der Waals surface area (Å²) < 4.78 is 0. The molecule has 0 radical (unpaired) electrons. The summed E-state index contributed by atoms with van der Waals surface area (Å²) in [7, 11) is 0. The maximum absolute atomic E-state index is 13.1. The highest BCUT2D eigenvalue weighted by Crippen LogP contribution is 2.29. The molecule has 1 aliphatic heterocycles. The van der Waals surface area contributed by atoms with Gasteiger partial charge in [-0.25, -0.2) is 0 Å². The number of primary amides is 1. The van der Waals surface area contributed by atoms with E-state index in [-0.39, 0.29) is 5.91 Å². The molecule has 1 unspecified atom stereocenters. The van der Waals surface area contributed by atoms with Gasteiger partial charge in [0.05, 0.1) is 5.41 Å². The lowest BCUT2D eigenvalue weighted by atomic mass is 9.83. The molecule has 3 rings (SSSR count). The first-order valence-corrected chi connectivity index (χ1v) is 9.11. The SMILES string of the molecule is CC(C)(C(=O)N1CCC(Cc2cccc(C(N)=O)c2)C1)c1ccccc1. The third-order valence-electron chi connectivity index (χ3n) is 5.34. The molecule has 2 aromatic carbocycles. The molecule has 2 amide bonds. The minimum absolute atomic E-state index is 0.178. The molecule has 136 valence electrons. The molecular formula is C22H26N2O2. The van der Waals surface area contributed by atoms with Gasteiger partial charge in [0.2, 0.25) is 11.8 Å². The van der Waals surface area contributed by atoms with Gasteiger partial charge in [-0.15, -0.1) is 0 Å². The van der Waals surface area contributed by atoms with Crippen molar-refractivity contribution < 1.29 is 9.59 Å². The van der Waals surface area contributed by atoms with Crippen LogP contribution in [0.5, 0.6) is 0 Å². The summed E-state index contributed by atoms with van der Waals surface area (Å²) in [6.07, 6.45) is 1.84. The first kappa shape index (κ1) is 18.2. The summed E-state index contributed by atoms with van der Waals surface area (Å²) in [5.74, 6) is 0.186. The molecule has 1 saturated heterocycles. The third kappa shape index (κ3) is 3.79. The molecule has 0 bridgehead atoms. The van der Waals surface area contributed by atoms with Crippen LogP contribution in [0.1, 0.15) is 41.8 Å². The highest BCUT2D eigenvalue weighted by Gasteiger charge is 2.36. The van der Waals surface area contributed by atoms with Crippen LogP contribution in [0.4, 0.5) is 0 Å². The van der Waals surface area contributed by atoms with E-state index in [1.54, 1.807) is 6.07 Å². The van der Waals surface area contributed by atoms with Crippen LogP contribution in [-0.4, -0.2) is 29.8 Å². The number of likely N-dealkylation sites (tertiary alicyclic amines) is 1. The first-order chi connectivity index (χ1) is 12.4. The maximum Gasteiger partial charge on any atom is 0.248 e. The zero-order chi connectivity index (χ0) is 18.7. The van der Waals surface area contributed by atoms with Gasteiger partial charge < -0.3 is 10.6 Å². The second kappa shape index (κ2) is 7.32. The molecule has 0 aromatic heterocycles. The number of nitrogens with two attached hydrogens (primary N) is 1. The Bertz CT molecular complexity index is 799. The van der Waals surface area contributed by atoms with Crippen molar-refractivity contribution in [2.75, 3.05) is 13.1 Å². The molecule has 4 heteroatoms. The predicted octanol–water partition coefficient (Wildman–Crippen LogP) is 3.15. The van der Waals surface area contributed by atoms with Gasteiger partial charge in [-0.3, -0.25) is 9.59 Å². The largest absolute Gasteiger partial charge is 0.366 e. The fraction of sp³-hybridized carbons (Fsp3) is 0.364. The molecule has 2 N–H and O–H groups in total. The Morgan fingerprint density at radius 2 is 1.85 bits per heavy atom. The number of benzene rings is 2. The number of rotatable bonds is 5. The van der Waals surface area contributed by atoms with E-state index in [9.17, 15) is 9.59 Å². The molecule has 1 atom stereocenters. The van der Waals surface area contributed by atoms with Gasteiger partial charge in [0.15, 0.2) is 0 Å². The fourth-order valence-corrected chi connectivity index (χ4v) is 3.74. The van der Waals surface area contributed by atoms with Gasteiger partial charge in [-0.1, -0.05) is 42.5 Å². The molecule has 2 aromatic rings. The Labute approximate surface area is 155 Å². The van der Waals surface area contributed by atoms with Crippen LogP contribution < -0.4 is 5.73 Å². The average molecular weight is 350 g/mol. The summed E-state index contributed by atoms with van der Waals surface area (Å²) in [5, 5.41) is 0. The monoisotopic (exact) mass is 350 g/mol. The molecule has 4 nitrogen and oxygen atoms in total. The lowest BCUT2D eigenvalue weighted by Crippen LogP contribution is -2.42. The van der Waals surface area contributed by atoms with Crippen LogP contribution in [0.2, 0.25) is 0 Å². The molecule has 1 heterocycles.